The second kappa shape index (κ2) is 9.90. The van der Waals surface area contributed by atoms with Crippen molar-refractivity contribution >= 4 is 0 Å². The van der Waals surface area contributed by atoms with Crippen molar-refractivity contribution in [2.45, 2.75) is 45.6 Å². The van der Waals surface area contributed by atoms with Gasteiger partial charge in [-0.05, 0) is 48.2 Å². The summed E-state index contributed by atoms with van der Waals surface area (Å²) in [6, 6.07) is 24.7. The molecule has 0 N–H and O–H groups in total. The van der Waals surface area contributed by atoms with Crippen LogP contribution in [0.1, 0.15) is 48.2 Å². The molecule has 0 unspecified atom stereocenters. The highest BCUT2D eigenvalue weighted by Gasteiger charge is 2.11. The lowest BCUT2D eigenvalue weighted by Crippen LogP contribution is -2.07. The van der Waals surface area contributed by atoms with E-state index in [1.165, 1.54) is 11.1 Å². The van der Waals surface area contributed by atoms with E-state index in [0.717, 1.165) is 49.4 Å². The van der Waals surface area contributed by atoms with Crippen molar-refractivity contribution in [1.82, 2.24) is 19.3 Å². The molecular formula is C26H27N5. The van der Waals surface area contributed by atoms with E-state index in [9.17, 15) is 5.26 Å². The number of benzene rings is 2. The molecule has 0 amide bonds. The van der Waals surface area contributed by atoms with Gasteiger partial charge in [-0.3, -0.25) is 0 Å². The molecule has 4 rings (SSSR count). The number of nitrogens with zero attached hydrogens (tertiary/aromatic N) is 5. The summed E-state index contributed by atoms with van der Waals surface area (Å²) < 4.78 is 3.95. The van der Waals surface area contributed by atoms with Gasteiger partial charge in [0, 0.05) is 24.7 Å². The molecule has 31 heavy (non-hydrogen) atoms. The summed E-state index contributed by atoms with van der Waals surface area (Å²) in [7, 11) is 0. The summed E-state index contributed by atoms with van der Waals surface area (Å²) in [6.45, 7) is 2.90. The number of hydrogen-bond acceptors (Lipinski definition) is 3. The fraction of sp³-hybridized carbons (Fsp3) is 0.269. The van der Waals surface area contributed by atoms with Crippen LogP contribution in [0.25, 0.3) is 5.69 Å². The Balaban J connectivity index is 1.49. The number of nitriles is 1. The first kappa shape index (κ1) is 20.6. The molecule has 2 aromatic carbocycles. The van der Waals surface area contributed by atoms with Crippen LogP contribution in [0.2, 0.25) is 0 Å². The van der Waals surface area contributed by atoms with Crippen molar-refractivity contribution in [1.29, 1.82) is 5.26 Å². The second-order valence-corrected chi connectivity index (χ2v) is 7.73. The Labute approximate surface area is 183 Å². The molecule has 0 radical (unpaired) electrons. The zero-order chi connectivity index (χ0) is 21.5. The Morgan fingerprint density at radius 3 is 2.42 bits per heavy atom. The predicted octanol–water partition coefficient (Wildman–Crippen LogP) is 5.12. The van der Waals surface area contributed by atoms with Crippen LogP contribution in [-0.4, -0.2) is 19.3 Å². The molecule has 0 aliphatic carbocycles. The van der Waals surface area contributed by atoms with E-state index in [4.69, 9.17) is 10.1 Å². The summed E-state index contributed by atoms with van der Waals surface area (Å²) in [6.07, 6.45) is 6.90. The summed E-state index contributed by atoms with van der Waals surface area (Å²) in [5.74, 6) is 1.98. The standard InChI is InChI=1S/C26H27N5/c1-2-3-11-26-28-25(17-14-21-8-5-4-6-9-21)29-31(26)20-22-12-15-23(16-13-22)30-18-7-10-24(30)19-27/h4-10,12-13,15-16,18H,2-3,11,14,17,20H2,1H3. The number of unbranched alkanes of at least 4 members (excludes halogenated alkanes) is 1. The minimum Gasteiger partial charge on any atom is -0.308 e. The van der Waals surface area contributed by atoms with Crippen LogP contribution in [0.15, 0.2) is 72.9 Å². The quantitative estimate of drug-likeness (QED) is 0.386. The lowest BCUT2D eigenvalue weighted by molar-refractivity contribution is 0.613. The molecule has 0 atom stereocenters. The molecule has 2 heterocycles. The molecule has 2 aromatic heterocycles. The van der Waals surface area contributed by atoms with Gasteiger partial charge in [0.2, 0.25) is 0 Å². The minimum absolute atomic E-state index is 0.633. The molecule has 0 saturated heterocycles. The lowest BCUT2D eigenvalue weighted by Gasteiger charge is -2.08. The third-order valence-corrected chi connectivity index (χ3v) is 5.44. The summed E-state index contributed by atoms with van der Waals surface area (Å²) in [5.41, 5.74) is 4.10. The molecule has 0 saturated carbocycles. The highest BCUT2D eigenvalue weighted by molar-refractivity contribution is 5.40. The SMILES string of the molecule is CCCCc1nc(CCc2ccccc2)nn1Cc1ccc(-n2cccc2C#N)cc1. The summed E-state index contributed by atoms with van der Waals surface area (Å²) in [5, 5.41) is 14.1. The average Bonchev–Trinajstić information content (AvgIpc) is 3.44. The summed E-state index contributed by atoms with van der Waals surface area (Å²) in [4.78, 5) is 4.85. The molecule has 5 heteroatoms. The van der Waals surface area contributed by atoms with Crippen LogP contribution < -0.4 is 0 Å². The van der Waals surface area contributed by atoms with Gasteiger partial charge in [-0.1, -0.05) is 55.8 Å². The van der Waals surface area contributed by atoms with E-state index in [0.29, 0.717) is 12.2 Å². The van der Waals surface area contributed by atoms with Crippen molar-refractivity contribution in [2.24, 2.45) is 0 Å². The van der Waals surface area contributed by atoms with Crippen molar-refractivity contribution in [3.8, 4) is 11.8 Å². The fourth-order valence-electron chi connectivity index (χ4n) is 3.71. The van der Waals surface area contributed by atoms with Crippen LogP contribution in [0.5, 0.6) is 0 Å². The third-order valence-electron chi connectivity index (χ3n) is 5.44. The molecule has 0 bridgehead atoms. The predicted molar refractivity (Wildman–Crippen MR) is 122 cm³/mol. The smallest absolute Gasteiger partial charge is 0.151 e. The van der Waals surface area contributed by atoms with E-state index in [2.05, 4.69) is 66.2 Å². The van der Waals surface area contributed by atoms with Gasteiger partial charge in [-0.15, -0.1) is 0 Å². The van der Waals surface area contributed by atoms with E-state index in [1.807, 2.05) is 29.0 Å². The molecule has 0 aliphatic rings. The van der Waals surface area contributed by atoms with Crippen molar-refractivity contribution in [3.05, 3.63) is 101 Å². The fourth-order valence-corrected chi connectivity index (χ4v) is 3.71. The molecule has 4 aromatic rings. The topological polar surface area (TPSA) is 59.4 Å². The number of rotatable bonds is 9. The minimum atomic E-state index is 0.633. The van der Waals surface area contributed by atoms with Crippen LogP contribution in [0.4, 0.5) is 0 Å². The van der Waals surface area contributed by atoms with E-state index in [-0.39, 0.29) is 0 Å². The highest BCUT2D eigenvalue weighted by atomic mass is 15.3. The van der Waals surface area contributed by atoms with E-state index in [1.54, 1.807) is 0 Å². The van der Waals surface area contributed by atoms with Gasteiger partial charge in [0.1, 0.15) is 17.6 Å². The van der Waals surface area contributed by atoms with Gasteiger partial charge in [0.25, 0.3) is 0 Å². The normalized spacial score (nSPS) is 10.8. The summed E-state index contributed by atoms with van der Waals surface area (Å²) >= 11 is 0. The number of hydrogen-bond donors (Lipinski definition) is 0. The highest BCUT2D eigenvalue weighted by Crippen LogP contribution is 2.15. The molecule has 5 nitrogen and oxygen atoms in total. The zero-order valence-electron chi connectivity index (χ0n) is 17.9. The van der Waals surface area contributed by atoms with Crippen molar-refractivity contribution < 1.29 is 0 Å². The van der Waals surface area contributed by atoms with Crippen LogP contribution >= 0.6 is 0 Å². The molecular weight excluding hydrogens is 382 g/mol. The van der Waals surface area contributed by atoms with Crippen LogP contribution in [-0.2, 0) is 25.8 Å². The van der Waals surface area contributed by atoms with Gasteiger partial charge < -0.3 is 4.57 Å². The van der Waals surface area contributed by atoms with E-state index >= 15 is 0 Å². The zero-order valence-corrected chi connectivity index (χ0v) is 17.9. The largest absolute Gasteiger partial charge is 0.308 e. The number of aryl methyl sites for hydroxylation is 3. The molecule has 0 spiro atoms. The maximum absolute atomic E-state index is 9.25. The third kappa shape index (κ3) is 5.10. The monoisotopic (exact) mass is 409 g/mol. The van der Waals surface area contributed by atoms with Crippen LogP contribution in [0, 0.1) is 11.3 Å². The van der Waals surface area contributed by atoms with Crippen molar-refractivity contribution in [2.75, 3.05) is 0 Å². The van der Waals surface area contributed by atoms with Gasteiger partial charge in [0.05, 0.1) is 6.54 Å². The molecule has 156 valence electrons. The Hall–Kier alpha value is -3.65. The van der Waals surface area contributed by atoms with Gasteiger partial charge in [0.15, 0.2) is 5.82 Å². The lowest BCUT2D eigenvalue weighted by atomic mass is 10.1. The maximum atomic E-state index is 9.25. The van der Waals surface area contributed by atoms with E-state index < -0.39 is 0 Å². The molecule has 0 aliphatic heterocycles. The first-order valence-electron chi connectivity index (χ1n) is 10.9. The first-order valence-corrected chi connectivity index (χ1v) is 10.9. The number of aromatic nitrogens is 4. The average molecular weight is 410 g/mol. The second-order valence-electron chi connectivity index (χ2n) is 7.73. The first-order chi connectivity index (χ1) is 15.3. The Morgan fingerprint density at radius 2 is 1.68 bits per heavy atom. The maximum Gasteiger partial charge on any atom is 0.151 e. The van der Waals surface area contributed by atoms with Gasteiger partial charge in [-0.25, -0.2) is 9.67 Å². The Morgan fingerprint density at radius 1 is 0.871 bits per heavy atom. The molecule has 0 fully saturated rings. The van der Waals surface area contributed by atoms with Crippen LogP contribution in [0.3, 0.4) is 0 Å². The van der Waals surface area contributed by atoms with Crippen molar-refractivity contribution in [3.63, 3.8) is 0 Å². The van der Waals surface area contributed by atoms with Gasteiger partial charge >= 0.3 is 0 Å². The van der Waals surface area contributed by atoms with Gasteiger partial charge in [-0.2, -0.15) is 10.4 Å². The Kier molecular flexibility index (Phi) is 6.59. The Bertz CT molecular complexity index is 1150.